The highest BCUT2D eigenvalue weighted by Gasteiger charge is 2.10. The Labute approximate surface area is 129 Å². The summed E-state index contributed by atoms with van der Waals surface area (Å²) in [6.07, 6.45) is 0. The van der Waals surface area contributed by atoms with E-state index in [-0.39, 0.29) is 0 Å². The Bertz CT molecular complexity index is 409. The van der Waals surface area contributed by atoms with Gasteiger partial charge >= 0.3 is 0 Å². The second-order valence-electron chi connectivity index (χ2n) is 4.85. The fourth-order valence-electron chi connectivity index (χ4n) is 2.15. The molecule has 0 aromatic heterocycles. The Kier molecular flexibility index (Phi) is 6.79. The van der Waals surface area contributed by atoms with Crippen molar-refractivity contribution >= 4 is 15.9 Å². The van der Waals surface area contributed by atoms with Crippen molar-refractivity contribution in [1.29, 1.82) is 0 Å². The topological polar surface area (TPSA) is 33.7 Å². The second kappa shape index (κ2) is 8.62. The molecule has 5 heteroatoms. The molecule has 0 spiro atoms. The van der Waals surface area contributed by atoms with Crippen molar-refractivity contribution in [2.75, 3.05) is 46.0 Å². The summed E-state index contributed by atoms with van der Waals surface area (Å²) in [7, 11) is 0. The third-order valence-electron chi connectivity index (χ3n) is 3.34. The molecule has 20 heavy (non-hydrogen) atoms. The number of hydrogen-bond acceptors (Lipinski definition) is 4. The second-order valence-corrected chi connectivity index (χ2v) is 5.70. The minimum atomic E-state index is 0.713. The van der Waals surface area contributed by atoms with Crippen molar-refractivity contribution in [3.8, 4) is 5.75 Å². The highest BCUT2D eigenvalue weighted by Crippen LogP contribution is 2.26. The van der Waals surface area contributed by atoms with Crippen LogP contribution in [0.1, 0.15) is 12.5 Å². The van der Waals surface area contributed by atoms with Gasteiger partial charge in [-0.3, -0.25) is 4.90 Å². The van der Waals surface area contributed by atoms with Crippen molar-refractivity contribution in [3.05, 3.63) is 28.2 Å². The van der Waals surface area contributed by atoms with E-state index in [1.54, 1.807) is 0 Å². The molecule has 1 heterocycles. The van der Waals surface area contributed by atoms with E-state index in [2.05, 4.69) is 45.2 Å². The molecule has 1 aromatic carbocycles. The Morgan fingerprint density at radius 1 is 1.35 bits per heavy atom. The summed E-state index contributed by atoms with van der Waals surface area (Å²) >= 11 is 3.58. The number of rotatable bonds is 7. The Morgan fingerprint density at radius 2 is 2.15 bits per heavy atom. The van der Waals surface area contributed by atoms with Gasteiger partial charge in [-0.1, -0.05) is 13.0 Å². The van der Waals surface area contributed by atoms with Crippen molar-refractivity contribution in [2.45, 2.75) is 13.5 Å². The summed E-state index contributed by atoms with van der Waals surface area (Å²) in [5.74, 6) is 0.915. The van der Waals surface area contributed by atoms with E-state index in [4.69, 9.17) is 9.47 Å². The quantitative estimate of drug-likeness (QED) is 0.824. The van der Waals surface area contributed by atoms with Gasteiger partial charge < -0.3 is 14.8 Å². The van der Waals surface area contributed by atoms with Gasteiger partial charge in [-0.2, -0.15) is 0 Å². The van der Waals surface area contributed by atoms with E-state index in [0.717, 1.165) is 56.2 Å². The lowest BCUT2D eigenvalue weighted by Gasteiger charge is -2.26. The largest absolute Gasteiger partial charge is 0.491 e. The van der Waals surface area contributed by atoms with E-state index >= 15 is 0 Å². The van der Waals surface area contributed by atoms with E-state index in [1.807, 2.05) is 6.07 Å². The molecule has 0 atom stereocenters. The molecule has 1 aliphatic heterocycles. The third kappa shape index (κ3) is 5.05. The van der Waals surface area contributed by atoms with Gasteiger partial charge in [0.15, 0.2) is 0 Å². The van der Waals surface area contributed by atoms with Crippen LogP contribution in [0.25, 0.3) is 0 Å². The fraction of sp³-hybridized carbons (Fsp3) is 0.600. The molecule has 0 aliphatic carbocycles. The number of nitrogens with one attached hydrogen (secondary N) is 1. The number of halogens is 1. The monoisotopic (exact) mass is 342 g/mol. The van der Waals surface area contributed by atoms with Crippen LogP contribution in [0.15, 0.2) is 22.7 Å². The van der Waals surface area contributed by atoms with Crippen LogP contribution in [0.4, 0.5) is 0 Å². The van der Waals surface area contributed by atoms with E-state index in [0.29, 0.717) is 6.61 Å². The summed E-state index contributed by atoms with van der Waals surface area (Å²) in [5.41, 5.74) is 1.26. The van der Waals surface area contributed by atoms with E-state index < -0.39 is 0 Å². The third-order valence-corrected chi connectivity index (χ3v) is 3.96. The molecule has 1 N–H and O–H groups in total. The van der Waals surface area contributed by atoms with Crippen LogP contribution in [0.2, 0.25) is 0 Å². The summed E-state index contributed by atoms with van der Waals surface area (Å²) < 4.78 is 12.2. The SMILES string of the molecule is CCNCc1ccc(OCCN2CCOCC2)c(Br)c1. The van der Waals surface area contributed by atoms with Crippen LogP contribution in [0, 0.1) is 0 Å². The molecule has 0 unspecified atom stereocenters. The zero-order valence-electron chi connectivity index (χ0n) is 12.0. The first kappa shape index (κ1) is 15.8. The smallest absolute Gasteiger partial charge is 0.133 e. The van der Waals surface area contributed by atoms with Gasteiger partial charge in [-0.25, -0.2) is 0 Å². The maximum atomic E-state index is 5.85. The number of benzene rings is 1. The first-order valence-corrected chi connectivity index (χ1v) is 8.01. The van der Waals surface area contributed by atoms with Crippen molar-refractivity contribution in [3.63, 3.8) is 0 Å². The Morgan fingerprint density at radius 3 is 2.85 bits per heavy atom. The minimum absolute atomic E-state index is 0.713. The zero-order chi connectivity index (χ0) is 14.2. The number of hydrogen-bond donors (Lipinski definition) is 1. The standard InChI is InChI=1S/C15H23BrN2O2/c1-2-17-12-13-3-4-15(14(16)11-13)20-10-7-18-5-8-19-9-6-18/h3-4,11,17H,2,5-10,12H2,1H3. The lowest BCUT2D eigenvalue weighted by molar-refractivity contribution is 0.0322. The summed E-state index contributed by atoms with van der Waals surface area (Å²) in [4.78, 5) is 2.37. The van der Waals surface area contributed by atoms with Crippen LogP contribution >= 0.6 is 15.9 Å². The van der Waals surface area contributed by atoms with Gasteiger partial charge in [0.25, 0.3) is 0 Å². The molecule has 0 radical (unpaired) electrons. The van der Waals surface area contributed by atoms with Gasteiger partial charge in [0.2, 0.25) is 0 Å². The van der Waals surface area contributed by atoms with Gasteiger partial charge in [-0.15, -0.1) is 0 Å². The average molecular weight is 343 g/mol. The fourth-order valence-corrected chi connectivity index (χ4v) is 2.69. The molecule has 112 valence electrons. The first-order chi connectivity index (χ1) is 9.79. The maximum absolute atomic E-state index is 5.85. The van der Waals surface area contributed by atoms with Gasteiger partial charge in [-0.05, 0) is 40.2 Å². The predicted octanol–water partition coefficient (Wildman–Crippen LogP) is 2.27. The number of nitrogens with zero attached hydrogens (tertiary/aromatic N) is 1. The molecule has 2 rings (SSSR count). The Hall–Kier alpha value is -0.620. The lowest BCUT2D eigenvalue weighted by atomic mass is 10.2. The predicted molar refractivity (Wildman–Crippen MR) is 84.3 cm³/mol. The van der Waals surface area contributed by atoms with E-state index in [9.17, 15) is 0 Å². The molecular weight excluding hydrogens is 320 g/mol. The molecule has 1 saturated heterocycles. The van der Waals surface area contributed by atoms with Gasteiger partial charge in [0.05, 0.1) is 17.7 Å². The van der Waals surface area contributed by atoms with Crippen molar-refractivity contribution in [1.82, 2.24) is 10.2 Å². The average Bonchev–Trinajstić information content (AvgIpc) is 2.48. The highest BCUT2D eigenvalue weighted by atomic mass is 79.9. The molecule has 1 aromatic rings. The van der Waals surface area contributed by atoms with Crippen molar-refractivity contribution < 1.29 is 9.47 Å². The molecule has 0 bridgehead atoms. The summed E-state index contributed by atoms with van der Waals surface area (Å²) in [6, 6.07) is 6.26. The van der Waals surface area contributed by atoms with Crippen LogP contribution in [-0.2, 0) is 11.3 Å². The van der Waals surface area contributed by atoms with Crippen LogP contribution in [0.3, 0.4) is 0 Å². The van der Waals surface area contributed by atoms with Crippen LogP contribution in [0.5, 0.6) is 5.75 Å². The minimum Gasteiger partial charge on any atom is -0.491 e. The first-order valence-electron chi connectivity index (χ1n) is 7.21. The number of ether oxygens (including phenoxy) is 2. The summed E-state index contributed by atoms with van der Waals surface area (Å²) in [5, 5.41) is 3.32. The zero-order valence-corrected chi connectivity index (χ0v) is 13.6. The van der Waals surface area contributed by atoms with Crippen LogP contribution in [-0.4, -0.2) is 50.9 Å². The number of morpholine rings is 1. The molecule has 0 amide bonds. The molecular formula is C15H23BrN2O2. The molecule has 1 aliphatic rings. The lowest BCUT2D eigenvalue weighted by Crippen LogP contribution is -2.38. The van der Waals surface area contributed by atoms with Crippen LogP contribution < -0.4 is 10.1 Å². The Balaban J connectivity index is 1.77. The highest BCUT2D eigenvalue weighted by molar-refractivity contribution is 9.10. The molecule has 1 fully saturated rings. The molecule has 4 nitrogen and oxygen atoms in total. The maximum Gasteiger partial charge on any atom is 0.133 e. The normalized spacial score (nSPS) is 16.3. The molecule has 0 saturated carbocycles. The van der Waals surface area contributed by atoms with Gasteiger partial charge in [0, 0.05) is 26.2 Å². The van der Waals surface area contributed by atoms with Crippen molar-refractivity contribution in [2.24, 2.45) is 0 Å². The summed E-state index contributed by atoms with van der Waals surface area (Å²) in [6.45, 7) is 9.33. The van der Waals surface area contributed by atoms with Gasteiger partial charge in [0.1, 0.15) is 12.4 Å². The van der Waals surface area contributed by atoms with E-state index in [1.165, 1.54) is 5.56 Å².